The molecular weight excluding hydrogens is 692 g/mol. The molecule has 0 radical (unpaired) electrons. The van der Waals surface area contributed by atoms with Crippen LogP contribution in [0.5, 0.6) is 0 Å². The SMILES string of the molecule is C=CCOCC(CC)(CO)CO.C=CCOCC1(CC)COC2(OC1)OCC(CC)(COCC=C)CO2.CCO.CCOC(OCC)(OCC)OCC. The third-order valence-corrected chi connectivity index (χ3v) is 8.36. The van der Waals surface area contributed by atoms with Crippen molar-refractivity contribution in [3.63, 3.8) is 0 Å². The molecule has 2 heterocycles. The summed E-state index contributed by atoms with van der Waals surface area (Å²) in [6.45, 7) is 33.1. The van der Waals surface area contributed by atoms with Crippen molar-refractivity contribution in [1.82, 2.24) is 0 Å². The average molecular weight is 769 g/mol. The molecule has 0 bridgehead atoms. The molecule has 0 aliphatic carbocycles. The van der Waals surface area contributed by atoms with Crippen molar-refractivity contribution in [2.45, 2.75) is 87.0 Å². The van der Waals surface area contributed by atoms with Gasteiger partial charge < -0.3 is 67.4 Å². The molecule has 0 atom stereocenters. The number of ether oxygens (including phenoxy) is 11. The Hall–Kier alpha value is -1.34. The summed E-state index contributed by atoms with van der Waals surface area (Å²) in [5, 5.41) is 25.6. The lowest BCUT2D eigenvalue weighted by Gasteiger charge is -2.49. The fourth-order valence-electron chi connectivity index (χ4n) is 4.58. The number of aliphatic hydroxyl groups is 3. The Labute approximate surface area is 320 Å². The second-order valence-corrected chi connectivity index (χ2v) is 12.5. The van der Waals surface area contributed by atoms with Crippen LogP contribution in [0, 0.1) is 16.2 Å². The van der Waals surface area contributed by atoms with Crippen LogP contribution in [0.1, 0.15) is 74.7 Å². The zero-order valence-electron chi connectivity index (χ0n) is 34.3. The van der Waals surface area contributed by atoms with E-state index in [1.54, 1.807) is 25.2 Å². The summed E-state index contributed by atoms with van der Waals surface area (Å²) in [5.74, 6) is 0. The third kappa shape index (κ3) is 21.0. The Morgan fingerprint density at radius 3 is 1.13 bits per heavy atom. The Kier molecular flexibility index (Phi) is 32.3. The van der Waals surface area contributed by atoms with Gasteiger partial charge in [0.25, 0.3) is 0 Å². The monoisotopic (exact) mass is 769 g/mol. The second kappa shape index (κ2) is 31.8. The molecule has 2 saturated heterocycles. The van der Waals surface area contributed by atoms with Gasteiger partial charge in [-0.2, -0.15) is 0 Å². The molecule has 3 N–H and O–H groups in total. The van der Waals surface area contributed by atoms with Crippen LogP contribution in [0.4, 0.5) is 0 Å². The number of hydrogen-bond donors (Lipinski definition) is 3. The maximum atomic E-state index is 9.01. The maximum absolute atomic E-state index is 9.01. The van der Waals surface area contributed by atoms with Crippen molar-refractivity contribution in [3.8, 4) is 0 Å². The van der Waals surface area contributed by atoms with Gasteiger partial charge in [-0.25, -0.2) is 0 Å². The highest BCUT2D eigenvalue weighted by Crippen LogP contribution is 2.40. The summed E-state index contributed by atoms with van der Waals surface area (Å²) >= 11 is 0. The quantitative estimate of drug-likeness (QED) is 0.0631. The van der Waals surface area contributed by atoms with Crippen LogP contribution >= 0.6 is 0 Å². The fraction of sp³-hybridized carbons (Fsp3) is 0.846. The van der Waals surface area contributed by atoms with Crippen LogP contribution in [-0.4, -0.2) is 140 Å². The molecule has 0 aromatic heterocycles. The molecule has 0 aromatic carbocycles. The van der Waals surface area contributed by atoms with Gasteiger partial charge in [-0.3, -0.25) is 0 Å². The highest BCUT2D eigenvalue weighted by Gasteiger charge is 2.52. The topological polar surface area (TPSA) is 162 Å². The molecule has 2 rings (SSSR count). The summed E-state index contributed by atoms with van der Waals surface area (Å²) in [4.78, 5) is 0. The van der Waals surface area contributed by atoms with Crippen molar-refractivity contribution in [3.05, 3.63) is 38.0 Å². The molecule has 14 nitrogen and oxygen atoms in total. The first kappa shape index (κ1) is 53.8. The fourth-order valence-corrected chi connectivity index (χ4v) is 4.58. The van der Waals surface area contributed by atoms with Crippen LogP contribution in [0.25, 0.3) is 0 Å². The zero-order valence-corrected chi connectivity index (χ0v) is 34.3. The summed E-state index contributed by atoms with van der Waals surface area (Å²) < 4.78 is 61.1. The highest BCUT2D eigenvalue weighted by molar-refractivity contribution is 4.85. The number of hydrogen-bond acceptors (Lipinski definition) is 14. The molecule has 2 fully saturated rings. The third-order valence-electron chi connectivity index (χ3n) is 8.36. The minimum atomic E-state index is -1.39. The molecule has 53 heavy (non-hydrogen) atoms. The lowest BCUT2D eigenvalue weighted by molar-refractivity contribution is -0.549. The summed E-state index contributed by atoms with van der Waals surface area (Å²) in [6.07, 6.45) is 4.90. The van der Waals surface area contributed by atoms with Crippen LogP contribution in [0.3, 0.4) is 0 Å². The summed E-state index contributed by atoms with van der Waals surface area (Å²) in [6, 6.07) is 0. The molecular formula is C39H76O14. The Morgan fingerprint density at radius 2 is 0.887 bits per heavy atom. The van der Waals surface area contributed by atoms with Gasteiger partial charge in [-0.1, -0.05) is 39.0 Å². The van der Waals surface area contributed by atoms with E-state index < -0.39 is 17.7 Å². The van der Waals surface area contributed by atoms with Gasteiger partial charge in [0.15, 0.2) is 0 Å². The van der Waals surface area contributed by atoms with E-state index in [1.165, 1.54) is 0 Å². The second-order valence-electron chi connectivity index (χ2n) is 12.5. The van der Waals surface area contributed by atoms with E-state index >= 15 is 0 Å². The van der Waals surface area contributed by atoms with Crippen LogP contribution < -0.4 is 0 Å². The average Bonchev–Trinajstić information content (AvgIpc) is 3.17. The van der Waals surface area contributed by atoms with Gasteiger partial charge in [-0.05, 0) is 53.9 Å². The molecule has 2 aliphatic rings. The maximum Gasteiger partial charge on any atom is 0.412 e. The van der Waals surface area contributed by atoms with Crippen molar-refractivity contribution in [2.75, 3.05) is 112 Å². The lowest BCUT2D eigenvalue weighted by atomic mass is 9.86. The summed E-state index contributed by atoms with van der Waals surface area (Å²) in [5.41, 5.74) is -0.857. The van der Waals surface area contributed by atoms with Gasteiger partial charge in [0.2, 0.25) is 0 Å². The molecule has 0 unspecified atom stereocenters. The van der Waals surface area contributed by atoms with E-state index in [1.807, 2.05) is 34.6 Å². The standard InChI is InChI=1S/C19H32O6.C9H20O4.C9H18O3.C2H6O/c1-5-9-20-11-17(7-3)13-22-19(23-14-17)24-15-18(8-4,16-25-19)12-21-10-6-2;1-5-10-9(11-6-2,12-7-3)13-8-4;1-3-5-12-8-9(4-2,6-10)7-11;1-2-3/h5-6H,1-2,7-16H2,3-4H3;5-8H2,1-4H3;3,10-11H,1,4-8H2,2H3;3H,2H2,1H3. The van der Waals surface area contributed by atoms with Gasteiger partial charge in [-0.15, -0.1) is 19.7 Å². The Bertz CT molecular complexity index is 785. The largest absolute Gasteiger partial charge is 0.412 e. The first-order valence-corrected chi connectivity index (χ1v) is 19.0. The first-order valence-electron chi connectivity index (χ1n) is 19.0. The van der Waals surface area contributed by atoms with E-state index in [0.29, 0.717) is 98.9 Å². The number of aliphatic hydroxyl groups excluding tert-OH is 3. The van der Waals surface area contributed by atoms with Gasteiger partial charge >= 0.3 is 12.3 Å². The van der Waals surface area contributed by atoms with Gasteiger partial charge in [0, 0.05) is 22.9 Å². The van der Waals surface area contributed by atoms with Crippen molar-refractivity contribution in [1.29, 1.82) is 0 Å². The van der Waals surface area contributed by atoms with E-state index in [9.17, 15) is 0 Å². The Morgan fingerprint density at radius 1 is 0.566 bits per heavy atom. The first-order chi connectivity index (χ1) is 25.5. The Balaban J connectivity index is 0. The van der Waals surface area contributed by atoms with E-state index in [-0.39, 0.29) is 30.7 Å². The molecule has 14 heteroatoms. The molecule has 0 aromatic rings. The van der Waals surface area contributed by atoms with E-state index in [4.69, 9.17) is 67.4 Å². The molecule has 2 aliphatic heterocycles. The van der Waals surface area contributed by atoms with Crippen molar-refractivity contribution >= 4 is 0 Å². The minimum absolute atomic E-state index is 0.0445. The summed E-state index contributed by atoms with van der Waals surface area (Å²) in [7, 11) is 0. The predicted molar refractivity (Wildman–Crippen MR) is 204 cm³/mol. The van der Waals surface area contributed by atoms with Gasteiger partial charge in [0.05, 0.1) is 106 Å². The van der Waals surface area contributed by atoms with Crippen LogP contribution in [0.2, 0.25) is 0 Å². The van der Waals surface area contributed by atoms with Crippen LogP contribution in [0.15, 0.2) is 38.0 Å². The van der Waals surface area contributed by atoms with Crippen molar-refractivity contribution < 1.29 is 67.4 Å². The van der Waals surface area contributed by atoms with Crippen LogP contribution in [-0.2, 0) is 52.1 Å². The lowest BCUT2D eigenvalue weighted by Crippen LogP contribution is -2.59. The minimum Gasteiger partial charge on any atom is -0.397 e. The van der Waals surface area contributed by atoms with Gasteiger partial charge in [0.1, 0.15) is 0 Å². The van der Waals surface area contributed by atoms with Crippen molar-refractivity contribution in [2.24, 2.45) is 16.2 Å². The molecule has 0 saturated carbocycles. The molecule has 0 amide bonds. The smallest absolute Gasteiger partial charge is 0.397 e. The zero-order chi connectivity index (χ0) is 40.5. The molecule has 316 valence electrons. The van der Waals surface area contributed by atoms with E-state index in [2.05, 4.69) is 33.6 Å². The predicted octanol–water partition coefficient (Wildman–Crippen LogP) is 5.20. The normalized spacial score (nSPS) is 22.7. The van der Waals surface area contributed by atoms with E-state index in [0.717, 1.165) is 12.8 Å². The highest BCUT2D eigenvalue weighted by atomic mass is 17.0. The molecule has 1 spiro atoms. The number of rotatable bonds is 25.